The molecule has 0 aromatic rings. The van der Waals surface area contributed by atoms with E-state index in [1.54, 1.807) is 4.74 Å². The van der Waals surface area contributed by atoms with Gasteiger partial charge in [0.1, 0.15) is 0 Å². The standard InChI is InChI=1S/C10H9F13O5S.Na/c11-5(7(13,14)15,3-1-2-4-29(24,25)26)27-9(19,20)6(12,8(16,17)18)28-10(21,22)23;/h1-4H2,(H,24,25,26);/q;+1/p-1. The van der Waals surface area contributed by atoms with Gasteiger partial charge >= 0.3 is 66.1 Å². The van der Waals surface area contributed by atoms with Crippen molar-refractivity contribution in [3.05, 3.63) is 0 Å². The van der Waals surface area contributed by atoms with Crippen LogP contribution in [0.15, 0.2) is 0 Å². The molecule has 176 valence electrons. The molecule has 20 heteroatoms. The van der Waals surface area contributed by atoms with Crippen LogP contribution in [0.3, 0.4) is 0 Å². The van der Waals surface area contributed by atoms with Crippen LogP contribution in [0.1, 0.15) is 19.3 Å². The zero-order valence-corrected chi connectivity index (χ0v) is 17.0. The first-order valence-electron chi connectivity index (χ1n) is 6.67. The van der Waals surface area contributed by atoms with Gasteiger partial charge in [0, 0.05) is 12.2 Å². The van der Waals surface area contributed by atoms with Crippen LogP contribution < -0.4 is 29.6 Å². The minimum absolute atomic E-state index is 0. The molecule has 0 aromatic carbocycles. The molecular weight excluding hydrogens is 502 g/mol. The largest absolute Gasteiger partial charge is 1.00 e. The van der Waals surface area contributed by atoms with Crippen LogP contribution >= 0.6 is 0 Å². The van der Waals surface area contributed by atoms with Gasteiger partial charge in [-0.3, -0.25) is 4.74 Å². The van der Waals surface area contributed by atoms with Crippen molar-refractivity contribution in [1.82, 2.24) is 0 Å². The Morgan fingerprint density at radius 2 is 1.13 bits per heavy atom. The maximum Gasteiger partial charge on any atom is 1.00 e. The average Bonchev–Trinajstić information content (AvgIpc) is 2.37. The molecule has 0 saturated carbocycles. The summed E-state index contributed by atoms with van der Waals surface area (Å²) in [7, 11) is -5.07. The second kappa shape index (κ2) is 9.82. The Balaban J connectivity index is 0. The zero-order chi connectivity index (χ0) is 23.7. The Labute approximate surface area is 180 Å². The Bertz CT molecular complexity index is 661. The molecule has 2 atom stereocenters. The first kappa shape index (κ1) is 32.1. The molecule has 2 unspecified atom stereocenters. The van der Waals surface area contributed by atoms with E-state index in [1.807, 2.05) is 0 Å². The summed E-state index contributed by atoms with van der Waals surface area (Å²) in [5.74, 6) is -14.6. The van der Waals surface area contributed by atoms with Gasteiger partial charge in [0.2, 0.25) is 0 Å². The van der Waals surface area contributed by atoms with E-state index in [-0.39, 0.29) is 29.6 Å². The number of rotatable bonds is 9. The summed E-state index contributed by atoms with van der Waals surface area (Å²) in [6.45, 7) is 0. The van der Waals surface area contributed by atoms with Crippen LogP contribution in [0.5, 0.6) is 0 Å². The number of alkyl halides is 13. The molecule has 0 aliphatic rings. The minimum atomic E-state index is -7.37. The number of ether oxygens (including phenoxy) is 2. The predicted molar refractivity (Wildman–Crippen MR) is 61.4 cm³/mol. The monoisotopic (exact) mass is 510 g/mol. The maximum absolute atomic E-state index is 13.8. The maximum atomic E-state index is 13.8. The molecule has 0 amide bonds. The van der Waals surface area contributed by atoms with Gasteiger partial charge in [-0.1, -0.05) is 0 Å². The van der Waals surface area contributed by atoms with Gasteiger partial charge < -0.3 is 4.55 Å². The molecule has 0 aromatic heterocycles. The molecule has 0 spiro atoms. The Kier molecular flexibility index (Phi) is 10.5. The number of unbranched alkanes of at least 4 members (excludes halogenated alkanes) is 1. The fourth-order valence-electron chi connectivity index (χ4n) is 1.59. The third-order valence-corrected chi connectivity index (χ3v) is 3.64. The van der Waals surface area contributed by atoms with Crippen LogP contribution in [-0.4, -0.2) is 55.3 Å². The van der Waals surface area contributed by atoms with Crippen molar-refractivity contribution >= 4 is 10.1 Å². The van der Waals surface area contributed by atoms with Gasteiger partial charge in [-0.2, -0.15) is 39.5 Å². The first-order chi connectivity index (χ1) is 12.4. The summed E-state index contributed by atoms with van der Waals surface area (Å²) in [5, 5.41) is 0. The van der Waals surface area contributed by atoms with Gasteiger partial charge in [-0.05, 0) is 12.8 Å². The smallest absolute Gasteiger partial charge is 0.748 e. The van der Waals surface area contributed by atoms with Crippen LogP contribution in [0.4, 0.5) is 57.1 Å². The van der Waals surface area contributed by atoms with Crippen molar-refractivity contribution < 1.29 is 109 Å². The van der Waals surface area contributed by atoms with E-state index in [2.05, 4.69) is 4.74 Å². The molecule has 0 heterocycles. The Morgan fingerprint density at radius 3 is 1.43 bits per heavy atom. The quantitative estimate of drug-likeness (QED) is 0.203. The molecule has 0 fully saturated rings. The summed E-state index contributed by atoms with van der Waals surface area (Å²) < 4.78 is 199. The van der Waals surface area contributed by atoms with Crippen LogP contribution in [0, 0.1) is 0 Å². The van der Waals surface area contributed by atoms with Crippen molar-refractivity contribution in [2.45, 2.75) is 55.8 Å². The molecule has 0 aliphatic carbocycles. The van der Waals surface area contributed by atoms with Crippen molar-refractivity contribution in [3.8, 4) is 0 Å². The van der Waals surface area contributed by atoms with E-state index in [0.29, 0.717) is 0 Å². The second-order valence-corrected chi connectivity index (χ2v) is 6.73. The third-order valence-electron chi connectivity index (χ3n) is 2.85. The topological polar surface area (TPSA) is 75.7 Å². The predicted octanol–water partition coefficient (Wildman–Crippen LogP) is 1.31. The Morgan fingerprint density at radius 1 is 0.700 bits per heavy atom. The van der Waals surface area contributed by atoms with E-state index in [0.717, 1.165) is 0 Å². The van der Waals surface area contributed by atoms with E-state index in [4.69, 9.17) is 0 Å². The van der Waals surface area contributed by atoms with Crippen molar-refractivity contribution in [3.63, 3.8) is 0 Å². The van der Waals surface area contributed by atoms with Gasteiger partial charge in [0.05, 0.1) is 10.1 Å². The molecule has 0 N–H and O–H groups in total. The number of hydrogen-bond donors (Lipinski definition) is 0. The summed E-state index contributed by atoms with van der Waals surface area (Å²) in [5.41, 5.74) is 0. The normalized spacial score (nSPS) is 18.3. The molecule has 0 radical (unpaired) electrons. The van der Waals surface area contributed by atoms with Crippen molar-refractivity contribution in [2.75, 3.05) is 5.75 Å². The van der Waals surface area contributed by atoms with Crippen LogP contribution in [0.25, 0.3) is 0 Å². The van der Waals surface area contributed by atoms with E-state index in [1.165, 1.54) is 0 Å². The fourth-order valence-corrected chi connectivity index (χ4v) is 2.15. The number of halogens is 13. The fraction of sp³-hybridized carbons (Fsp3) is 1.00. The summed E-state index contributed by atoms with van der Waals surface area (Å²) in [4.78, 5) is 0. The molecular formula is C10H8F13NaO5S. The van der Waals surface area contributed by atoms with E-state index >= 15 is 0 Å². The number of hydrogen-bond acceptors (Lipinski definition) is 5. The summed E-state index contributed by atoms with van der Waals surface area (Å²) >= 11 is 0. The SMILES string of the molecule is O=S(=O)([O-])CCCCC(F)(OC(F)(F)C(F)(OC(F)(F)F)C(F)(F)F)C(F)(F)F.[Na+]. The molecule has 0 rings (SSSR count). The van der Waals surface area contributed by atoms with Crippen molar-refractivity contribution in [2.24, 2.45) is 0 Å². The van der Waals surface area contributed by atoms with Crippen LogP contribution in [-0.2, 0) is 19.6 Å². The molecule has 0 aliphatic heterocycles. The second-order valence-electron chi connectivity index (χ2n) is 5.20. The molecule has 5 nitrogen and oxygen atoms in total. The first-order valence-corrected chi connectivity index (χ1v) is 8.24. The summed E-state index contributed by atoms with van der Waals surface area (Å²) in [6.07, 6.45) is -33.1. The van der Waals surface area contributed by atoms with Gasteiger partial charge in [-0.15, -0.1) is 13.2 Å². The molecule has 30 heavy (non-hydrogen) atoms. The van der Waals surface area contributed by atoms with Crippen molar-refractivity contribution in [1.29, 1.82) is 0 Å². The average molecular weight is 510 g/mol. The van der Waals surface area contributed by atoms with E-state index < -0.39 is 71.7 Å². The molecule has 0 saturated heterocycles. The van der Waals surface area contributed by atoms with E-state index in [9.17, 15) is 70.0 Å². The van der Waals surface area contributed by atoms with Gasteiger partial charge in [0.25, 0.3) is 0 Å². The molecule has 0 bridgehead atoms. The Hall–Kier alpha value is -0.0800. The van der Waals surface area contributed by atoms with Crippen LogP contribution in [0.2, 0.25) is 0 Å². The third kappa shape index (κ3) is 8.81. The minimum Gasteiger partial charge on any atom is -0.748 e. The zero-order valence-electron chi connectivity index (χ0n) is 14.2. The van der Waals surface area contributed by atoms with Gasteiger partial charge in [0.15, 0.2) is 0 Å². The summed E-state index contributed by atoms with van der Waals surface area (Å²) in [6, 6.07) is 0. The van der Waals surface area contributed by atoms with Gasteiger partial charge in [-0.25, -0.2) is 17.5 Å².